The second kappa shape index (κ2) is 12.6. The average molecular weight is 441 g/mol. The highest BCUT2D eigenvalue weighted by Crippen LogP contribution is 2.47. The van der Waals surface area contributed by atoms with Gasteiger partial charge in [0, 0.05) is 23.1 Å². The Morgan fingerprint density at radius 3 is 2.52 bits per heavy atom. The number of hydrogen-bond acceptors (Lipinski definition) is 2. The summed E-state index contributed by atoms with van der Waals surface area (Å²) in [5, 5.41) is 19.1. The molecule has 0 amide bonds. The lowest BCUT2D eigenvalue weighted by Gasteiger charge is -2.23. The predicted molar refractivity (Wildman–Crippen MR) is 121 cm³/mol. The first-order chi connectivity index (χ1) is 13.9. The summed E-state index contributed by atoms with van der Waals surface area (Å²) in [6.07, 6.45) is 11.2. The normalized spacial score (nSPS) is 25.5. The van der Waals surface area contributed by atoms with Crippen LogP contribution in [0.1, 0.15) is 87.9 Å². The molecular formula is C24H34Cl2O3. The Kier molecular flexibility index (Phi) is 10.5. The molecule has 1 aliphatic carbocycles. The van der Waals surface area contributed by atoms with Crippen LogP contribution in [0.3, 0.4) is 0 Å². The topological polar surface area (TPSA) is 57.5 Å². The summed E-state index contributed by atoms with van der Waals surface area (Å²) in [4.78, 5) is 10.6. The van der Waals surface area contributed by atoms with E-state index in [9.17, 15) is 9.90 Å². The van der Waals surface area contributed by atoms with Crippen LogP contribution in [0.15, 0.2) is 36.4 Å². The first kappa shape index (κ1) is 24.2. The van der Waals surface area contributed by atoms with Crippen LogP contribution in [0.25, 0.3) is 0 Å². The highest BCUT2D eigenvalue weighted by Gasteiger charge is 2.41. The molecular weight excluding hydrogens is 407 g/mol. The minimum Gasteiger partial charge on any atom is -0.481 e. The van der Waals surface area contributed by atoms with E-state index in [4.69, 9.17) is 28.3 Å². The molecule has 0 radical (unpaired) electrons. The first-order valence-electron chi connectivity index (χ1n) is 10.9. The van der Waals surface area contributed by atoms with Crippen molar-refractivity contribution in [1.82, 2.24) is 0 Å². The maximum absolute atomic E-state index is 10.6. The standard InChI is InChI=1S/C24H34Cl2O3/c1-2-3-6-10-22(27)17-12-14-18(15-13-17)24-19(20(25)16-21(24)26)9-7-4-5-8-11-23(28)29/h4,7,12-15,19-22,24,27H,2-3,5-6,8-11,16H2,1H3,(H,28,29)/b7-4-/t19?,20-,21-,22-,24-/m1/s1. The molecule has 5 atom stereocenters. The molecule has 0 aromatic heterocycles. The largest absolute Gasteiger partial charge is 0.481 e. The second-order valence-electron chi connectivity index (χ2n) is 8.13. The lowest BCUT2D eigenvalue weighted by Crippen LogP contribution is -2.16. The number of halogens is 2. The van der Waals surface area contributed by atoms with Crippen LogP contribution in [-0.4, -0.2) is 26.9 Å². The van der Waals surface area contributed by atoms with Crippen LogP contribution < -0.4 is 0 Å². The molecule has 2 N–H and O–H groups in total. The van der Waals surface area contributed by atoms with E-state index in [-0.39, 0.29) is 29.0 Å². The summed E-state index contributed by atoms with van der Waals surface area (Å²) in [5.74, 6) is -0.302. The van der Waals surface area contributed by atoms with E-state index in [1.54, 1.807) is 0 Å². The predicted octanol–water partition coefficient (Wildman–Crippen LogP) is 6.82. The average Bonchev–Trinajstić information content (AvgIpc) is 2.97. The highest BCUT2D eigenvalue weighted by molar-refractivity contribution is 6.25. The Morgan fingerprint density at radius 1 is 1.14 bits per heavy atom. The molecule has 2 rings (SSSR count). The maximum atomic E-state index is 10.6. The van der Waals surface area contributed by atoms with Gasteiger partial charge in [-0.25, -0.2) is 0 Å². The van der Waals surface area contributed by atoms with E-state index in [1.165, 1.54) is 5.56 Å². The lowest BCUT2D eigenvalue weighted by atomic mass is 9.85. The van der Waals surface area contributed by atoms with Crippen LogP contribution in [0, 0.1) is 5.92 Å². The summed E-state index contributed by atoms with van der Waals surface area (Å²) < 4.78 is 0. The number of alkyl halides is 2. The number of carboxylic acid groups (broad SMARTS) is 1. The fraction of sp³-hybridized carbons (Fsp3) is 0.625. The van der Waals surface area contributed by atoms with Crippen molar-refractivity contribution in [3.8, 4) is 0 Å². The quantitative estimate of drug-likeness (QED) is 0.213. The SMILES string of the molecule is CCCCC[C@@H](O)c1ccc([C@@H]2C(C/C=C\CCCC(=O)O)[C@H](Cl)C[C@H]2Cl)cc1. The smallest absolute Gasteiger partial charge is 0.303 e. The second-order valence-corrected chi connectivity index (χ2v) is 9.25. The van der Waals surface area contributed by atoms with Gasteiger partial charge in [-0.05, 0) is 49.1 Å². The minimum atomic E-state index is -0.751. The Labute approximate surface area is 185 Å². The van der Waals surface area contributed by atoms with Crippen molar-refractivity contribution in [2.24, 2.45) is 5.92 Å². The fourth-order valence-electron chi connectivity index (χ4n) is 4.22. The van der Waals surface area contributed by atoms with Crippen molar-refractivity contribution in [2.45, 2.75) is 87.5 Å². The van der Waals surface area contributed by atoms with E-state index in [0.29, 0.717) is 6.42 Å². The number of allylic oxidation sites excluding steroid dienone is 2. The minimum absolute atomic E-state index is 0.00300. The van der Waals surface area contributed by atoms with Crippen LogP contribution in [-0.2, 0) is 4.79 Å². The molecule has 1 aromatic rings. The number of benzene rings is 1. The Hall–Kier alpha value is -1.03. The third-order valence-electron chi connectivity index (χ3n) is 5.89. The van der Waals surface area contributed by atoms with Crippen molar-refractivity contribution >= 4 is 29.2 Å². The van der Waals surface area contributed by atoms with Crippen LogP contribution in [0.4, 0.5) is 0 Å². The number of unbranched alkanes of at least 4 members (excludes halogenated alkanes) is 3. The Balaban J connectivity index is 1.96. The van der Waals surface area contributed by atoms with Crippen molar-refractivity contribution < 1.29 is 15.0 Å². The van der Waals surface area contributed by atoms with Gasteiger partial charge in [-0.3, -0.25) is 4.79 Å². The zero-order valence-corrected chi connectivity index (χ0v) is 18.8. The number of aliphatic carboxylic acids is 1. The van der Waals surface area contributed by atoms with Crippen molar-refractivity contribution in [3.63, 3.8) is 0 Å². The molecule has 29 heavy (non-hydrogen) atoms. The van der Waals surface area contributed by atoms with Crippen LogP contribution >= 0.6 is 23.2 Å². The molecule has 3 nitrogen and oxygen atoms in total. The monoisotopic (exact) mass is 440 g/mol. The maximum Gasteiger partial charge on any atom is 0.303 e. The molecule has 0 heterocycles. The van der Waals surface area contributed by atoms with E-state index < -0.39 is 12.1 Å². The van der Waals surface area contributed by atoms with Crippen molar-refractivity contribution in [2.75, 3.05) is 0 Å². The molecule has 0 aliphatic heterocycles. The van der Waals surface area contributed by atoms with Gasteiger partial charge in [0.1, 0.15) is 0 Å². The molecule has 0 spiro atoms. The number of rotatable bonds is 12. The number of hydrogen-bond donors (Lipinski definition) is 2. The molecule has 0 bridgehead atoms. The van der Waals surface area contributed by atoms with Gasteiger partial charge in [0.15, 0.2) is 0 Å². The molecule has 5 heteroatoms. The van der Waals surface area contributed by atoms with Crippen LogP contribution in [0.2, 0.25) is 0 Å². The fourth-order valence-corrected chi connectivity index (χ4v) is 5.28. The molecule has 1 unspecified atom stereocenters. The van der Waals surface area contributed by atoms with Gasteiger partial charge in [-0.15, -0.1) is 23.2 Å². The van der Waals surface area contributed by atoms with Gasteiger partial charge < -0.3 is 10.2 Å². The summed E-state index contributed by atoms with van der Waals surface area (Å²) in [7, 11) is 0. The summed E-state index contributed by atoms with van der Waals surface area (Å²) in [6, 6.07) is 8.24. The Bertz CT molecular complexity index is 644. The molecule has 0 saturated heterocycles. The molecule has 1 saturated carbocycles. The summed E-state index contributed by atoms with van der Waals surface area (Å²) in [5.41, 5.74) is 2.15. The third-order valence-corrected chi connectivity index (χ3v) is 6.84. The van der Waals surface area contributed by atoms with E-state index in [2.05, 4.69) is 31.2 Å². The first-order valence-corrected chi connectivity index (χ1v) is 11.7. The van der Waals surface area contributed by atoms with E-state index in [0.717, 1.165) is 50.5 Å². The van der Waals surface area contributed by atoms with Gasteiger partial charge in [0.2, 0.25) is 0 Å². The Morgan fingerprint density at radius 2 is 1.86 bits per heavy atom. The zero-order chi connectivity index (χ0) is 21.2. The summed E-state index contributed by atoms with van der Waals surface area (Å²) in [6.45, 7) is 2.16. The van der Waals surface area contributed by atoms with Gasteiger partial charge in [0.05, 0.1) is 6.10 Å². The molecule has 1 aliphatic rings. The van der Waals surface area contributed by atoms with Crippen molar-refractivity contribution in [3.05, 3.63) is 47.5 Å². The van der Waals surface area contributed by atoms with E-state index >= 15 is 0 Å². The van der Waals surface area contributed by atoms with Gasteiger partial charge in [-0.1, -0.05) is 62.6 Å². The van der Waals surface area contributed by atoms with Gasteiger partial charge >= 0.3 is 5.97 Å². The number of carboxylic acids is 1. The summed E-state index contributed by atoms with van der Waals surface area (Å²) >= 11 is 13.3. The highest BCUT2D eigenvalue weighted by atomic mass is 35.5. The van der Waals surface area contributed by atoms with Gasteiger partial charge in [-0.2, -0.15) is 0 Å². The molecule has 162 valence electrons. The van der Waals surface area contributed by atoms with Crippen molar-refractivity contribution in [1.29, 1.82) is 0 Å². The van der Waals surface area contributed by atoms with Crippen LogP contribution in [0.5, 0.6) is 0 Å². The van der Waals surface area contributed by atoms with E-state index in [1.807, 2.05) is 12.1 Å². The number of carbonyl (C=O) groups is 1. The lowest BCUT2D eigenvalue weighted by molar-refractivity contribution is -0.137. The zero-order valence-electron chi connectivity index (χ0n) is 17.3. The third kappa shape index (κ3) is 7.62. The number of aliphatic hydroxyl groups is 1. The van der Waals surface area contributed by atoms with Gasteiger partial charge in [0.25, 0.3) is 0 Å². The number of aliphatic hydroxyl groups excluding tert-OH is 1. The molecule has 1 aromatic carbocycles. The molecule has 1 fully saturated rings.